The molecule has 0 radical (unpaired) electrons. The zero-order valence-corrected chi connectivity index (χ0v) is 13.1. The number of nitrogens with zero attached hydrogens (tertiary/aromatic N) is 1. The van der Waals surface area contributed by atoms with Gasteiger partial charge in [-0.15, -0.1) is 0 Å². The van der Waals surface area contributed by atoms with Crippen LogP contribution >= 0.6 is 15.9 Å². The summed E-state index contributed by atoms with van der Waals surface area (Å²) in [6.07, 6.45) is -1.77. The Balaban J connectivity index is 2.03. The maximum Gasteiger partial charge on any atom is 0.391 e. The Labute approximate surface area is 129 Å². The lowest BCUT2D eigenvalue weighted by molar-refractivity contribution is -0.185. The number of nitrogens with one attached hydrogen (secondary N) is 1. The van der Waals surface area contributed by atoms with Gasteiger partial charge in [-0.25, -0.2) is 4.98 Å². The molecule has 7 heteroatoms. The Hall–Kier alpha value is -1.11. The smallest absolute Gasteiger partial charge is 0.310 e. The molecule has 1 aliphatic carbocycles. The zero-order chi connectivity index (χ0) is 15.6. The van der Waals surface area contributed by atoms with E-state index in [-0.39, 0.29) is 18.7 Å². The van der Waals surface area contributed by atoms with Crippen LogP contribution in [-0.4, -0.2) is 17.1 Å². The van der Waals surface area contributed by atoms with Crippen molar-refractivity contribution in [2.75, 3.05) is 5.32 Å². The first kappa shape index (κ1) is 16.3. The second-order valence-electron chi connectivity index (χ2n) is 5.41. The maximum atomic E-state index is 12.8. The van der Waals surface area contributed by atoms with Crippen molar-refractivity contribution in [2.45, 2.75) is 38.8 Å². The molecule has 1 aromatic heterocycles. The van der Waals surface area contributed by atoms with Crippen molar-refractivity contribution in [1.29, 1.82) is 0 Å². The van der Waals surface area contributed by atoms with Gasteiger partial charge in [0.15, 0.2) is 0 Å². The summed E-state index contributed by atoms with van der Waals surface area (Å²) in [6, 6.07) is 1.79. The molecule has 1 amide bonds. The molecule has 1 heterocycles. The number of amides is 1. The van der Waals surface area contributed by atoms with Gasteiger partial charge < -0.3 is 5.32 Å². The predicted octanol–water partition coefficient (Wildman–Crippen LogP) is 4.46. The molecule has 0 bridgehead atoms. The van der Waals surface area contributed by atoms with E-state index in [0.29, 0.717) is 18.7 Å². The summed E-state index contributed by atoms with van der Waals surface area (Å²) in [6.45, 7) is 1.78. The summed E-state index contributed by atoms with van der Waals surface area (Å²) < 4.78 is 39.1. The fourth-order valence-corrected chi connectivity index (χ4v) is 3.06. The number of hydrogen-bond donors (Lipinski definition) is 1. The molecule has 0 spiro atoms. The summed E-state index contributed by atoms with van der Waals surface area (Å²) in [5, 5.41) is 2.64. The van der Waals surface area contributed by atoms with Gasteiger partial charge in [0.1, 0.15) is 5.82 Å². The Kier molecular flexibility index (Phi) is 4.91. The molecule has 3 nitrogen and oxygen atoms in total. The number of halogens is 4. The van der Waals surface area contributed by atoms with E-state index < -0.39 is 18.0 Å². The largest absolute Gasteiger partial charge is 0.391 e. The molecule has 1 aliphatic rings. The van der Waals surface area contributed by atoms with E-state index in [2.05, 4.69) is 26.2 Å². The van der Waals surface area contributed by atoms with Crippen molar-refractivity contribution in [1.82, 2.24) is 4.98 Å². The quantitative estimate of drug-likeness (QED) is 0.841. The van der Waals surface area contributed by atoms with Crippen molar-refractivity contribution in [3.63, 3.8) is 0 Å². The van der Waals surface area contributed by atoms with Gasteiger partial charge in [-0.3, -0.25) is 4.79 Å². The monoisotopic (exact) mass is 364 g/mol. The topological polar surface area (TPSA) is 42.0 Å². The van der Waals surface area contributed by atoms with Crippen molar-refractivity contribution < 1.29 is 18.0 Å². The van der Waals surface area contributed by atoms with E-state index in [4.69, 9.17) is 0 Å². The summed E-state index contributed by atoms with van der Waals surface area (Å²) in [7, 11) is 0. The minimum absolute atomic E-state index is 0.114. The fraction of sp³-hybridized carbons (Fsp3) is 0.571. The summed E-state index contributed by atoms with van der Waals surface area (Å²) in [5.41, 5.74) is 0.765. The first-order valence-electron chi connectivity index (χ1n) is 6.77. The average Bonchev–Trinajstić information content (AvgIpc) is 2.41. The highest BCUT2D eigenvalue weighted by molar-refractivity contribution is 9.10. The van der Waals surface area contributed by atoms with Crippen LogP contribution in [-0.2, 0) is 4.79 Å². The number of alkyl halides is 3. The van der Waals surface area contributed by atoms with Gasteiger partial charge in [0, 0.05) is 16.6 Å². The summed E-state index contributed by atoms with van der Waals surface area (Å²) in [4.78, 5) is 16.2. The Morgan fingerprint density at radius 3 is 2.76 bits per heavy atom. The second kappa shape index (κ2) is 6.34. The molecule has 21 heavy (non-hydrogen) atoms. The number of rotatable bonds is 2. The first-order chi connectivity index (χ1) is 9.77. The molecule has 1 aromatic rings. The number of carbonyl (C=O) groups is 1. The number of aromatic nitrogens is 1. The van der Waals surface area contributed by atoms with Crippen molar-refractivity contribution in [2.24, 2.45) is 11.8 Å². The summed E-state index contributed by atoms with van der Waals surface area (Å²) in [5.74, 6) is -1.95. The van der Waals surface area contributed by atoms with Gasteiger partial charge in [-0.1, -0.05) is 6.42 Å². The van der Waals surface area contributed by atoms with Crippen LogP contribution in [0.1, 0.15) is 31.2 Å². The van der Waals surface area contributed by atoms with Crippen molar-refractivity contribution in [3.8, 4) is 0 Å². The third-order valence-electron chi connectivity index (χ3n) is 3.79. The van der Waals surface area contributed by atoms with E-state index in [9.17, 15) is 18.0 Å². The fourth-order valence-electron chi connectivity index (χ4n) is 2.62. The lowest BCUT2D eigenvalue weighted by atomic mass is 9.80. The minimum Gasteiger partial charge on any atom is -0.310 e. The lowest BCUT2D eigenvalue weighted by Gasteiger charge is -2.29. The van der Waals surface area contributed by atoms with E-state index in [0.717, 1.165) is 10.0 Å². The Morgan fingerprint density at radius 2 is 2.14 bits per heavy atom. The Bertz CT molecular complexity index is 533. The predicted molar refractivity (Wildman–Crippen MR) is 76.8 cm³/mol. The van der Waals surface area contributed by atoms with Crippen molar-refractivity contribution >= 4 is 27.7 Å². The normalized spacial score (nSPS) is 22.9. The van der Waals surface area contributed by atoms with Crippen LogP contribution in [0.3, 0.4) is 0 Å². The van der Waals surface area contributed by atoms with Crippen LogP contribution < -0.4 is 5.32 Å². The van der Waals surface area contributed by atoms with Crippen LogP contribution in [0.2, 0.25) is 0 Å². The van der Waals surface area contributed by atoms with E-state index >= 15 is 0 Å². The van der Waals surface area contributed by atoms with E-state index in [1.54, 1.807) is 19.2 Å². The molecular weight excluding hydrogens is 349 g/mol. The van der Waals surface area contributed by atoms with Crippen LogP contribution in [0.15, 0.2) is 16.7 Å². The standard InChI is InChI=1S/C14H16BrF3N2O/c1-8-5-11(15)7-19-12(8)20-13(21)9-3-2-4-10(6-9)14(16,17)18/h5,7,9-10H,2-4,6H2,1H3,(H,19,20,21). The van der Waals surface area contributed by atoms with E-state index in [1.807, 2.05) is 0 Å². The van der Waals surface area contributed by atoms with Crippen LogP contribution in [0.5, 0.6) is 0 Å². The highest BCUT2D eigenvalue weighted by Crippen LogP contribution is 2.40. The minimum atomic E-state index is -4.22. The SMILES string of the molecule is Cc1cc(Br)cnc1NC(=O)C1CCCC(C(F)(F)F)C1. The van der Waals surface area contributed by atoms with Gasteiger partial charge in [0.2, 0.25) is 5.91 Å². The molecule has 2 atom stereocenters. The molecule has 116 valence electrons. The van der Waals surface area contributed by atoms with Gasteiger partial charge in [0.25, 0.3) is 0 Å². The van der Waals surface area contributed by atoms with Crippen LogP contribution in [0.25, 0.3) is 0 Å². The van der Waals surface area contributed by atoms with Gasteiger partial charge >= 0.3 is 6.18 Å². The molecule has 2 rings (SSSR count). The average molecular weight is 365 g/mol. The lowest BCUT2D eigenvalue weighted by Crippen LogP contribution is -2.34. The number of aryl methyl sites for hydroxylation is 1. The molecule has 1 N–H and O–H groups in total. The highest BCUT2D eigenvalue weighted by Gasteiger charge is 2.43. The highest BCUT2D eigenvalue weighted by atomic mass is 79.9. The molecule has 1 saturated carbocycles. The van der Waals surface area contributed by atoms with Crippen LogP contribution in [0, 0.1) is 18.8 Å². The first-order valence-corrected chi connectivity index (χ1v) is 7.56. The maximum absolute atomic E-state index is 12.8. The number of pyridine rings is 1. The van der Waals surface area contributed by atoms with Gasteiger partial charge in [-0.2, -0.15) is 13.2 Å². The number of hydrogen-bond acceptors (Lipinski definition) is 2. The van der Waals surface area contributed by atoms with E-state index in [1.165, 1.54) is 0 Å². The molecule has 1 fully saturated rings. The number of carbonyl (C=O) groups excluding carboxylic acids is 1. The molecular formula is C14H16BrF3N2O. The van der Waals surface area contributed by atoms with Crippen LogP contribution in [0.4, 0.5) is 19.0 Å². The third-order valence-corrected chi connectivity index (χ3v) is 4.23. The van der Waals surface area contributed by atoms with Gasteiger partial charge in [-0.05, 0) is 53.7 Å². The molecule has 0 aliphatic heterocycles. The number of anilines is 1. The second-order valence-corrected chi connectivity index (χ2v) is 6.33. The van der Waals surface area contributed by atoms with Gasteiger partial charge in [0.05, 0.1) is 5.92 Å². The molecule has 2 unspecified atom stereocenters. The summed E-state index contributed by atoms with van der Waals surface area (Å²) >= 11 is 3.27. The third kappa shape index (κ3) is 4.18. The van der Waals surface area contributed by atoms with Crippen molar-refractivity contribution in [3.05, 3.63) is 22.3 Å². The molecule has 0 saturated heterocycles. The Morgan fingerprint density at radius 1 is 1.43 bits per heavy atom. The zero-order valence-electron chi connectivity index (χ0n) is 11.5. The molecule has 0 aromatic carbocycles.